The smallest absolute Gasteiger partial charge is 0.355 e. The van der Waals surface area contributed by atoms with Crippen LogP contribution in [0.1, 0.15) is 72.6 Å². The summed E-state index contributed by atoms with van der Waals surface area (Å²) in [5, 5.41) is 0. The third-order valence-corrected chi connectivity index (χ3v) is 5.02. The molecule has 0 aliphatic carbocycles. The van der Waals surface area contributed by atoms with Crippen LogP contribution >= 0.6 is 0 Å². The predicted octanol–water partition coefficient (Wildman–Crippen LogP) is 3.15. The lowest BCUT2D eigenvalue weighted by molar-refractivity contribution is -0.132. The Kier molecular flexibility index (Phi) is 9.38. The van der Waals surface area contributed by atoms with Crippen molar-refractivity contribution in [2.75, 3.05) is 26.9 Å². The molecule has 7 nitrogen and oxygen atoms in total. The Hall–Kier alpha value is -2.15. The number of amides is 1. The first-order valence-electron chi connectivity index (χ1n) is 9.95. The van der Waals surface area contributed by atoms with Gasteiger partial charge >= 0.3 is 5.97 Å². The van der Waals surface area contributed by atoms with E-state index in [0.717, 1.165) is 5.69 Å². The summed E-state index contributed by atoms with van der Waals surface area (Å²) in [7, 11) is 1.61. The number of carbonyl (C=O) groups excluding carboxylic acids is 3. The number of hydrogen-bond donors (Lipinski definition) is 0. The van der Waals surface area contributed by atoms with Crippen molar-refractivity contribution in [3.05, 3.63) is 22.5 Å². The Labute approximate surface area is 168 Å². The monoisotopic (exact) mass is 394 g/mol. The van der Waals surface area contributed by atoms with E-state index in [4.69, 9.17) is 9.47 Å². The Morgan fingerprint density at radius 1 is 1.14 bits per heavy atom. The van der Waals surface area contributed by atoms with Gasteiger partial charge < -0.3 is 18.9 Å². The van der Waals surface area contributed by atoms with Crippen molar-refractivity contribution in [1.82, 2.24) is 9.47 Å². The topological polar surface area (TPSA) is 77.8 Å². The molecule has 1 atom stereocenters. The van der Waals surface area contributed by atoms with Crippen LogP contribution in [0.4, 0.5) is 0 Å². The van der Waals surface area contributed by atoms with E-state index in [1.54, 1.807) is 39.7 Å². The number of carbonyl (C=O) groups is 3. The lowest BCUT2D eigenvalue weighted by Crippen LogP contribution is -2.44. The maximum Gasteiger partial charge on any atom is 0.355 e. The molecular formula is C21H34N2O5. The highest BCUT2D eigenvalue weighted by molar-refractivity contribution is 6.06. The van der Waals surface area contributed by atoms with Crippen molar-refractivity contribution in [2.24, 2.45) is 0 Å². The second-order valence-corrected chi connectivity index (χ2v) is 6.73. The number of ether oxygens (including phenoxy) is 2. The maximum atomic E-state index is 13.4. The molecule has 158 valence electrons. The molecule has 0 aromatic carbocycles. The van der Waals surface area contributed by atoms with Gasteiger partial charge in [0.25, 0.3) is 0 Å². The van der Waals surface area contributed by atoms with E-state index in [-0.39, 0.29) is 18.3 Å². The van der Waals surface area contributed by atoms with Crippen LogP contribution in [0.3, 0.4) is 0 Å². The molecule has 0 saturated heterocycles. The number of nitrogens with zero attached hydrogens (tertiary/aromatic N) is 2. The summed E-state index contributed by atoms with van der Waals surface area (Å²) in [5.41, 5.74) is 2.24. The Morgan fingerprint density at radius 3 is 2.29 bits per heavy atom. The van der Waals surface area contributed by atoms with Gasteiger partial charge in [0.05, 0.1) is 12.6 Å². The van der Waals surface area contributed by atoms with Gasteiger partial charge in [0.1, 0.15) is 5.69 Å². The zero-order valence-electron chi connectivity index (χ0n) is 18.3. The molecule has 0 fully saturated rings. The summed E-state index contributed by atoms with van der Waals surface area (Å²) in [6, 6.07) is -0.621. The molecule has 1 aromatic heterocycles. The zero-order valence-corrected chi connectivity index (χ0v) is 18.3. The van der Waals surface area contributed by atoms with Crippen molar-refractivity contribution in [3.8, 4) is 0 Å². The van der Waals surface area contributed by atoms with Gasteiger partial charge in [-0.3, -0.25) is 9.59 Å². The van der Waals surface area contributed by atoms with Gasteiger partial charge in [-0.05, 0) is 46.6 Å². The molecule has 1 amide bonds. The molecule has 0 N–H and O–H groups in total. The minimum absolute atomic E-state index is 0.0761. The van der Waals surface area contributed by atoms with Gasteiger partial charge in [0.15, 0.2) is 5.78 Å². The molecule has 1 rings (SSSR count). The van der Waals surface area contributed by atoms with Gasteiger partial charge in [-0.15, -0.1) is 0 Å². The number of esters is 1. The summed E-state index contributed by atoms with van der Waals surface area (Å²) in [6.45, 7) is 12.6. The van der Waals surface area contributed by atoms with Crippen LogP contribution in [0.25, 0.3) is 0 Å². The highest BCUT2D eigenvalue weighted by Gasteiger charge is 2.32. The largest absolute Gasteiger partial charge is 0.461 e. The molecule has 1 unspecified atom stereocenters. The van der Waals surface area contributed by atoms with Gasteiger partial charge in [-0.25, -0.2) is 4.79 Å². The van der Waals surface area contributed by atoms with Crippen LogP contribution in [0.15, 0.2) is 0 Å². The third-order valence-electron chi connectivity index (χ3n) is 5.02. The lowest BCUT2D eigenvalue weighted by Gasteiger charge is -2.28. The summed E-state index contributed by atoms with van der Waals surface area (Å²) in [5.74, 6) is -0.669. The second-order valence-electron chi connectivity index (χ2n) is 6.73. The molecule has 7 heteroatoms. The minimum atomic E-state index is -0.621. The number of aromatic nitrogens is 1. The average Bonchev–Trinajstić information content (AvgIpc) is 2.93. The number of hydrogen-bond acceptors (Lipinski definition) is 5. The second kappa shape index (κ2) is 11.0. The molecule has 1 heterocycles. The van der Waals surface area contributed by atoms with Crippen molar-refractivity contribution in [2.45, 2.75) is 67.0 Å². The lowest BCUT2D eigenvalue weighted by atomic mass is 9.99. The maximum absolute atomic E-state index is 13.4. The highest BCUT2D eigenvalue weighted by Crippen LogP contribution is 2.26. The van der Waals surface area contributed by atoms with Crippen LogP contribution in [0.2, 0.25) is 0 Å². The van der Waals surface area contributed by atoms with Crippen molar-refractivity contribution in [1.29, 1.82) is 0 Å². The van der Waals surface area contributed by atoms with E-state index in [0.29, 0.717) is 49.4 Å². The Balaban J connectivity index is 3.31. The van der Waals surface area contributed by atoms with E-state index in [2.05, 4.69) is 0 Å². The van der Waals surface area contributed by atoms with Gasteiger partial charge in [-0.1, -0.05) is 6.92 Å². The fourth-order valence-electron chi connectivity index (χ4n) is 3.58. The Morgan fingerprint density at radius 2 is 1.79 bits per heavy atom. The number of methoxy groups -OCH3 is 1. The van der Waals surface area contributed by atoms with Crippen LogP contribution in [0, 0.1) is 13.8 Å². The van der Waals surface area contributed by atoms with E-state index in [1.165, 1.54) is 0 Å². The molecule has 0 radical (unpaired) electrons. The van der Waals surface area contributed by atoms with E-state index in [1.807, 2.05) is 18.4 Å². The van der Waals surface area contributed by atoms with Crippen LogP contribution < -0.4 is 0 Å². The average molecular weight is 395 g/mol. The third kappa shape index (κ3) is 5.01. The first-order valence-corrected chi connectivity index (χ1v) is 9.95. The first-order chi connectivity index (χ1) is 13.3. The highest BCUT2D eigenvalue weighted by atomic mass is 16.5. The summed E-state index contributed by atoms with van der Waals surface area (Å²) < 4.78 is 12.1. The first kappa shape index (κ1) is 23.9. The zero-order chi connectivity index (χ0) is 21.4. The molecule has 0 bridgehead atoms. The summed E-state index contributed by atoms with van der Waals surface area (Å²) >= 11 is 0. The van der Waals surface area contributed by atoms with E-state index >= 15 is 0 Å². The van der Waals surface area contributed by atoms with E-state index < -0.39 is 12.0 Å². The predicted molar refractivity (Wildman–Crippen MR) is 108 cm³/mol. The number of rotatable bonds is 11. The minimum Gasteiger partial charge on any atom is -0.461 e. The van der Waals surface area contributed by atoms with Crippen LogP contribution in [-0.4, -0.2) is 60.0 Å². The number of Topliss-reactive ketones (excluding diaryl/α,β-unsaturated/α-hetero) is 1. The summed E-state index contributed by atoms with van der Waals surface area (Å²) in [6.07, 6.45) is 0.981. The van der Waals surface area contributed by atoms with Crippen LogP contribution in [0.5, 0.6) is 0 Å². The molecule has 0 spiro atoms. The SMILES string of the molecule is CCOC(=O)c1c(C)c(C(=O)C(C)N(CCCOC)C(=O)CC)c(C)n1CC. The quantitative estimate of drug-likeness (QED) is 0.327. The number of ketones is 1. The summed E-state index contributed by atoms with van der Waals surface area (Å²) in [4.78, 5) is 39.8. The van der Waals surface area contributed by atoms with Crippen molar-refractivity contribution in [3.63, 3.8) is 0 Å². The molecule has 0 saturated carbocycles. The van der Waals surface area contributed by atoms with Crippen LogP contribution in [-0.2, 0) is 20.8 Å². The molecule has 28 heavy (non-hydrogen) atoms. The van der Waals surface area contributed by atoms with Gasteiger partial charge in [0, 0.05) is 44.5 Å². The Bertz CT molecular complexity index is 708. The standard InChI is InChI=1S/C21H34N2O5/c1-8-17(24)23(12-11-13-27-7)16(6)20(25)18-14(4)19(21(26)28-10-3)22(9-2)15(18)5/h16H,8-13H2,1-7H3. The van der Waals surface area contributed by atoms with Crippen molar-refractivity contribution < 1.29 is 23.9 Å². The molecular weight excluding hydrogens is 360 g/mol. The molecule has 1 aromatic rings. The van der Waals surface area contributed by atoms with Gasteiger partial charge in [-0.2, -0.15) is 0 Å². The molecule has 0 aliphatic heterocycles. The fraction of sp³-hybridized carbons (Fsp3) is 0.667. The normalized spacial score (nSPS) is 12.0. The van der Waals surface area contributed by atoms with E-state index in [9.17, 15) is 14.4 Å². The van der Waals surface area contributed by atoms with Crippen molar-refractivity contribution >= 4 is 17.7 Å². The fourth-order valence-corrected chi connectivity index (χ4v) is 3.58. The molecule has 0 aliphatic rings. The van der Waals surface area contributed by atoms with Gasteiger partial charge in [0.2, 0.25) is 5.91 Å².